The van der Waals surface area contributed by atoms with Gasteiger partial charge in [0.05, 0.1) is 5.69 Å². The number of piperazine rings is 1. The van der Waals surface area contributed by atoms with Crippen molar-refractivity contribution >= 4 is 34.0 Å². The lowest BCUT2D eigenvalue weighted by molar-refractivity contribution is 0.0736. The summed E-state index contributed by atoms with van der Waals surface area (Å²) in [5, 5.41) is 7.06. The van der Waals surface area contributed by atoms with Gasteiger partial charge in [-0.25, -0.2) is 4.98 Å². The lowest BCUT2D eigenvalue weighted by Crippen LogP contribution is -2.46. The predicted octanol–water partition coefficient (Wildman–Crippen LogP) is 5.72. The van der Waals surface area contributed by atoms with Crippen LogP contribution in [0.5, 0.6) is 0 Å². The van der Waals surface area contributed by atoms with E-state index in [2.05, 4.69) is 52.0 Å². The first kappa shape index (κ1) is 23.5. The third kappa shape index (κ3) is 5.90. The molecule has 4 aromatic rings. The van der Waals surface area contributed by atoms with E-state index in [0.29, 0.717) is 11.6 Å². The Balaban J connectivity index is 1.36. The summed E-state index contributed by atoms with van der Waals surface area (Å²) < 4.78 is 0. The van der Waals surface area contributed by atoms with E-state index in [0.717, 1.165) is 60.2 Å². The summed E-state index contributed by atoms with van der Waals surface area (Å²) in [6, 6.07) is 26.2. The average molecular weight is 503 g/mol. The summed E-state index contributed by atoms with van der Waals surface area (Å²) in [6.07, 6.45) is 0. The van der Waals surface area contributed by atoms with Crippen molar-refractivity contribution < 1.29 is 4.79 Å². The van der Waals surface area contributed by atoms with E-state index in [1.165, 1.54) is 5.56 Å². The van der Waals surface area contributed by atoms with Crippen molar-refractivity contribution in [2.75, 3.05) is 31.1 Å². The molecule has 0 radical (unpaired) electrons. The van der Waals surface area contributed by atoms with Crippen molar-refractivity contribution in [2.24, 2.45) is 0 Å². The highest BCUT2D eigenvalue weighted by molar-refractivity contribution is 7.14. The SMILES string of the molecule is O=C(c1ccc(CN(Cc2ccccc2)c2nc(-c3ccc(Cl)cc3)cs2)cc1)N1CCNCC1. The van der Waals surface area contributed by atoms with E-state index in [9.17, 15) is 4.79 Å². The first-order chi connectivity index (χ1) is 17.2. The maximum Gasteiger partial charge on any atom is 0.253 e. The first-order valence-electron chi connectivity index (χ1n) is 11.7. The second-order valence-corrected chi connectivity index (χ2v) is 9.88. The molecule has 2 heterocycles. The normalized spacial score (nSPS) is 13.6. The van der Waals surface area contributed by atoms with Gasteiger partial charge in [0.1, 0.15) is 0 Å². The van der Waals surface area contributed by atoms with Gasteiger partial charge in [-0.05, 0) is 35.4 Å². The number of amides is 1. The zero-order valence-corrected chi connectivity index (χ0v) is 20.9. The van der Waals surface area contributed by atoms with Crippen LogP contribution >= 0.6 is 22.9 Å². The smallest absolute Gasteiger partial charge is 0.253 e. The molecule has 0 aliphatic carbocycles. The number of carbonyl (C=O) groups is 1. The average Bonchev–Trinajstić information content (AvgIpc) is 3.40. The van der Waals surface area contributed by atoms with Crippen LogP contribution in [0.1, 0.15) is 21.5 Å². The number of nitrogens with one attached hydrogen (secondary N) is 1. The summed E-state index contributed by atoms with van der Waals surface area (Å²) in [4.78, 5) is 22.0. The molecule has 1 N–H and O–H groups in total. The molecule has 1 aliphatic rings. The second kappa shape index (κ2) is 11.0. The summed E-state index contributed by atoms with van der Waals surface area (Å²) in [7, 11) is 0. The van der Waals surface area contributed by atoms with Gasteiger partial charge in [0.25, 0.3) is 5.91 Å². The van der Waals surface area contributed by atoms with E-state index in [4.69, 9.17) is 16.6 Å². The van der Waals surface area contributed by atoms with E-state index >= 15 is 0 Å². The van der Waals surface area contributed by atoms with Crippen molar-refractivity contribution in [1.29, 1.82) is 0 Å². The third-order valence-corrected chi connectivity index (χ3v) is 7.25. The number of anilines is 1. The quantitative estimate of drug-likeness (QED) is 0.351. The summed E-state index contributed by atoms with van der Waals surface area (Å²) >= 11 is 7.69. The molecule has 0 unspecified atom stereocenters. The molecule has 1 amide bonds. The number of halogens is 1. The maximum absolute atomic E-state index is 12.8. The van der Waals surface area contributed by atoms with Crippen molar-refractivity contribution in [3.8, 4) is 11.3 Å². The molecule has 178 valence electrons. The van der Waals surface area contributed by atoms with Crippen LogP contribution in [0.3, 0.4) is 0 Å². The van der Waals surface area contributed by atoms with Crippen molar-refractivity contribution in [2.45, 2.75) is 13.1 Å². The van der Waals surface area contributed by atoms with Gasteiger partial charge in [0.15, 0.2) is 5.13 Å². The van der Waals surface area contributed by atoms with E-state index < -0.39 is 0 Å². The van der Waals surface area contributed by atoms with Crippen molar-refractivity contribution in [3.05, 3.63) is 106 Å². The topological polar surface area (TPSA) is 48.5 Å². The molecule has 0 saturated carbocycles. The van der Waals surface area contributed by atoms with Crippen LogP contribution in [0.25, 0.3) is 11.3 Å². The van der Waals surface area contributed by atoms with Crippen LogP contribution in [-0.2, 0) is 13.1 Å². The standard InChI is InChI=1S/C28H27ClN4OS/c29-25-12-10-23(11-13-25)26-20-35-28(31-26)33(18-21-4-2-1-3-5-21)19-22-6-8-24(9-7-22)27(34)32-16-14-30-15-17-32/h1-13,20,30H,14-19H2. The van der Waals surface area contributed by atoms with Gasteiger partial charge in [-0.15, -0.1) is 11.3 Å². The number of rotatable bonds is 7. The van der Waals surface area contributed by atoms with Crippen LogP contribution in [0.4, 0.5) is 5.13 Å². The van der Waals surface area contributed by atoms with Crippen LogP contribution in [0.15, 0.2) is 84.2 Å². The minimum Gasteiger partial charge on any atom is -0.339 e. The predicted molar refractivity (Wildman–Crippen MR) is 144 cm³/mol. The third-order valence-electron chi connectivity index (χ3n) is 6.10. The lowest BCUT2D eigenvalue weighted by Gasteiger charge is -2.27. The van der Waals surface area contributed by atoms with E-state index in [1.807, 2.05) is 47.4 Å². The lowest BCUT2D eigenvalue weighted by atomic mass is 10.1. The highest BCUT2D eigenvalue weighted by atomic mass is 35.5. The van der Waals surface area contributed by atoms with Gasteiger partial charge in [-0.2, -0.15) is 0 Å². The van der Waals surface area contributed by atoms with Crippen LogP contribution in [-0.4, -0.2) is 42.0 Å². The molecule has 5 rings (SSSR count). The van der Waals surface area contributed by atoms with E-state index in [1.54, 1.807) is 11.3 Å². The largest absolute Gasteiger partial charge is 0.339 e. The fraction of sp³-hybridized carbons (Fsp3) is 0.214. The Morgan fingerprint density at radius 3 is 2.26 bits per heavy atom. The van der Waals surface area contributed by atoms with E-state index in [-0.39, 0.29) is 5.91 Å². The molecule has 0 bridgehead atoms. The maximum atomic E-state index is 12.8. The van der Waals surface area contributed by atoms with Crippen LogP contribution in [0.2, 0.25) is 5.02 Å². The fourth-order valence-corrected chi connectivity index (χ4v) is 5.14. The summed E-state index contributed by atoms with van der Waals surface area (Å²) in [5.41, 5.74) is 5.09. The number of hydrogen-bond donors (Lipinski definition) is 1. The Kier molecular flexibility index (Phi) is 7.42. The Morgan fingerprint density at radius 2 is 1.57 bits per heavy atom. The molecule has 1 saturated heterocycles. The molecule has 5 nitrogen and oxygen atoms in total. The van der Waals surface area contributed by atoms with Crippen LogP contribution in [0, 0.1) is 0 Å². The molecule has 7 heteroatoms. The highest BCUT2D eigenvalue weighted by Gasteiger charge is 2.18. The number of nitrogens with zero attached hydrogens (tertiary/aromatic N) is 3. The summed E-state index contributed by atoms with van der Waals surface area (Å²) in [5.74, 6) is 0.103. The Labute approximate surface area is 215 Å². The molecule has 1 fully saturated rings. The monoisotopic (exact) mass is 502 g/mol. The van der Waals surface area contributed by atoms with Gasteiger partial charge in [0.2, 0.25) is 0 Å². The molecule has 0 spiro atoms. The zero-order valence-electron chi connectivity index (χ0n) is 19.4. The molecule has 1 aliphatic heterocycles. The zero-order chi connectivity index (χ0) is 24.0. The number of benzene rings is 3. The minimum atomic E-state index is 0.103. The summed E-state index contributed by atoms with van der Waals surface area (Å²) in [6.45, 7) is 4.66. The first-order valence-corrected chi connectivity index (χ1v) is 13.0. The van der Waals surface area contributed by atoms with Crippen molar-refractivity contribution in [3.63, 3.8) is 0 Å². The fourth-order valence-electron chi connectivity index (χ4n) is 4.18. The minimum absolute atomic E-state index is 0.103. The Morgan fingerprint density at radius 1 is 0.914 bits per heavy atom. The Bertz CT molecular complexity index is 1250. The van der Waals surface area contributed by atoms with Gasteiger partial charge in [0, 0.05) is 60.8 Å². The van der Waals surface area contributed by atoms with Crippen LogP contribution < -0.4 is 10.2 Å². The number of carbonyl (C=O) groups excluding carboxylic acids is 1. The highest BCUT2D eigenvalue weighted by Crippen LogP contribution is 2.30. The number of aromatic nitrogens is 1. The molecule has 3 aromatic carbocycles. The van der Waals surface area contributed by atoms with Gasteiger partial charge >= 0.3 is 0 Å². The Hall–Kier alpha value is -3.19. The second-order valence-electron chi connectivity index (χ2n) is 8.60. The molecular formula is C28H27ClN4OS. The van der Waals surface area contributed by atoms with Gasteiger partial charge in [-0.3, -0.25) is 4.79 Å². The number of thiazole rings is 1. The molecule has 0 atom stereocenters. The van der Waals surface area contributed by atoms with Gasteiger partial charge < -0.3 is 15.1 Å². The molecule has 1 aromatic heterocycles. The van der Waals surface area contributed by atoms with Gasteiger partial charge in [-0.1, -0.05) is 66.2 Å². The molecule has 35 heavy (non-hydrogen) atoms. The number of hydrogen-bond acceptors (Lipinski definition) is 5. The molecular weight excluding hydrogens is 476 g/mol. The van der Waals surface area contributed by atoms with Crippen molar-refractivity contribution in [1.82, 2.24) is 15.2 Å².